The molecule has 7 heteroatoms. The highest BCUT2D eigenvalue weighted by molar-refractivity contribution is 9.10. The van der Waals surface area contributed by atoms with Crippen LogP contribution in [0.15, 0.2) is 27.7 Å². The van der Waals surface area contributed by atoms with Gasteiger partial charge in [-0.3, -0.25) is 9.79 Å². The molecule has 1 aliphatic rings. The maximum atomic E-state index is 12.2. The molecule has 0 radical (unpaired) electrons. The van der Waals surface area contributed by atoms with Crippen LogP contribution in [-0.4, -0.2) is 56.7 Å². The zero-order valence-electron chi connectivity index (χ0n) is 15.8. The summed E-state index contributed by atoms with van der Waals surface area (Å²) >= 11 is 3.43. The summed E-state index contributed by atoms with van der Waals surface area (Å²) in [7, 11) is 2.03. The van der Waals surface area contributed by atoms with Crippen molar-refractivity contribution in [1.82, 2.24) is 10.2 Å². The van der Waals surface area contributed by atoms with Crippen molar-refractivity contribution in [2.75, 3.05) is 45.2 Å². The fraction of sp³-hybridized carbons (Fsp3) is 0.579. The Kier molecular flexibility index (Phi) is 8.38. The Bertz CT molecular complexity index is 630. The van der Waals surface area contributed by atoms with Crippen LogP contribution in [-0.2, 0) is 9.53 Å². The zero-order chi connectivity index (χ0) is 18.9. The Morgan fingerprint density at radius 3 is 2.96 bits per heavy atom. The molecule has 1 unspecified atom stereocenters. The van der Waals surface area contributed by atoms with Crippen molar-refractivity contribution < 1.29 is 9.53 Å². The van der Waals surface area contributed by atoms with Crippen molar-refractivity contribution in [3.63, 3.8) is 0 Å². The number of amides is 1. The minimum Gasteiger partial charge on any atom is -0.381 e. The number of aryl methyl sites for hydroxylation is 1. The van der Waals surface area contributed by atoms with E-state index >= 15 is 0 Å². The predicted molar refractivity (Wildman–Crippen MR) is 110 cm³/mol. The number of carbonyl (C=O) groups excluding carboxylic acids is 1. The van der Waals surface area contributed by atoms with Crippen LogP contribution in [0.5, 0.6) is 0 Å². The number of halogens is 1. The van der Waals surface area contributed by atoms with E-state index in [9.17, 15) is 4.79 Å². The monoisotopic (exact) mass is 424 g/mol. The average Bonchev–Trinajstić information content (AvgIpc) is 3.10. The number of nitrogens with one attached hydrogen (secondary N) is 2. The summed E-state index contributed by atoms with van der Waals surface area (Å²) in [5.74, 6) is 1.36. The molecule has 144 valence electrons. The van der Waals surface area contributed by atoms with Crippen molar-refractivity contribution in [3.05, 3.63) is 28.2 Å². The fourth-order valence-electron chi connectivity index (χ4n) is 2.88. The Morgan fingerprint density at radius 2 is 2.27 bits per heavy atom. The van der Waals surface area contributed by atoms with Gasteiger partial charge < -0.3 is 20.3 Å². The van der Waals surface area contributed by atoms with Gasteiger partial charge in [-0.15, -0.1) is 0 Å². The number of benzene rings is 1. The highest BCUT2D eigenvalue weighted by Crippen LogP contribution is 2.20. The molecule has 6 nitrogen and oxygen atoms in total. The van der Waals surface area contributed by atoms with E-state index in [0.29, 0.717) is 18.9 Å². The number of nitrogens with zero attached hydrogens (tertiary/aromatic N) is 2. The number of carbonyl (C=O) groups is 1. The van der Waals surface area contributed by atoms with Gasteiger partial charge >= 0.3 is 0 Å². The lowest BCUT2D eigenvalue weighted by molar-refractivity contribution is -0.116. The molecule has 1 heterocycles. The number of guanidine groups is 1. The standard InChI is InChI=1S/C19H29BrN4O2/c1-4-21-19(24(3)12-15-8-10-26-13-15)22-9-7-18(25)23-17-11-16(20)6-5-14(17)2/h5-6,11,15H,4,7-10,12-13H2,1-3H3,(H,21,22)(H,23,25). The van der Waals surface area contributed by atoms with Crippen LogP contribution < -0.4 is 10.6 Å². The van der Waals surface area contributed by atoms with E-state index in [4.69, 9.17) is 4.74 Å². The Morgan fingerprint density at radius 1 is 1.46 bits per heavy atom. The van der Waals surface area contributed by atoms with Gasteiger partial charge in [0, 0.05) is 49.2 Å². The Hall–Kier alpha value is -1.60. The van der Waals surface area contributed by atoms with Gasteiger partial charge in [-0.05, 0) is 38.0 Å². The minimum absolute atomic E-state index is 0.0300. The van der Waals surface area contributed by atoms with E-state index in [2.05, 4.69) is 36.5 Å². The molecule has 1 aromatic carbocycles. The first-order chi connectivity index (χ1) is 12.5. The third kappa shape index (κ3) is 6.61. The van der Waals surface area contributed by atoms with Gasteiger partial charge in [0.25, 0.3) is 0 Å². The number of aliphatic imine (C=N–C) groups is 1. The van der Waals surface area contributed by atoms with Crippen molar-refractivity contribution in [1.29, 1.82) is 0 Å². The molecule has 0 aliphatic carbocycles. The summed E-state index contributed by atoms with van der Waals surface area (Å²) in [6.07, 6.45) is 1.44. The van der Waals surface area contributed by atoms with E-state index in [-0.39, 0.29) is 5.91 Å². The van der Waals surface area contributed by atoms with E-state index in [1.165, 1.54) is 0 Å². The van der Waals surface area contributed by atoms with Crippen LogP contribution in [0.25, 0.3) is 0 Å². The number of anilines is 1. The van der Waals surface area contributed by atoms with Gasteiger partial charge in [0.15, 0.2) is 5.96 Å². The van der Waals surface area contributed by atoms with Gasteiger partial charge in [-0.25, -0.2) is 0 Å². The van der Waals surface area contributed by atoms with E-state index < -0.39 is 0 Å². The molecule has 2 rings (SSSR count). The van der Waals surface area contributed by atoms with Gasteiger partial charge in [0.1, 0.15) is 0 Å². The van der Waals surface area contributed by atoms with Crippen LogP contribution >= 0.6 is 15.9 Å². The topological polar surface area (TPSA) is 66.0 Å². The number of ether oxygens (including phenoxy) is 1. The third-order valence-electron chi connectivity index (χ3n) is 4.33. The first kappa shape index (κ1) is 20.7. The largest absolute Gasteiger partial charge is 0.381 e. The summed E-state index contributed by atoms with van der Waals surface area (Å²) in [5.41, 5.74) is 1.87. The molecule has 1 fully saturated rings. The molecular formula is C19H29BrN4O2. The second-order valence-corrected chi connectivity index (χ2v) is 7.52. The predicted octanol–water partition coefficient (Wildman–Crippen LogP) is 3.02. The lowest BCUT2D eigenvalue weighted by Gasteiger charge is -2.24. The van der Waals surface area contributed by atoms with Gasteiger partial charge in [0.05, 0.1) is 13.2 Å². The van der Waals surface area contributed by atoms with Crippen LogP contribution in [0, 0.1) is 12.8 Å². The summed E-state index contributed by atoms with van der Waals surface area (Å²) in [5, 5.41) is 6.25. The Balaban J connectivity index is 1.85. The van der Waals surface area contributed by atoms with Crippen molar-refractivity contribution in [2.45, 2.75) is 26.7 Å². The molecule has 1 amide bonds. The molecule has 0 aromatic heterocycles. The van der Waals surface area contributed by atoms with Crippen LogP contribution in [0.4, 0.5) is 5.69 Å². The van der Waals surface area contributed by atoms with Crippen LogP contribution in [0.3, 0.4) is 0 Å². The third-order valence-corrected chi connectivity index (χ3v) is 4.82. The van der Waals surface area contributed by atoms with Gasteiger partial charge in [-0.2, -0.15) is 0 Å². The SMILES string of the molecule is CCNC(=NCCC(=O)Nc1cc(Br)ccc1C)N(C)CC1CCOC1. The fourth-order valence-corrected chi connectivity index (χ4v) is 3.24. The summed E-state index contributed by atoms with van der Waals surface area (Å²) in [4.78, 5) is 18.9. The number of rotatable bonds is 7. The molecule has 1 aromatic rings. The van der Waals surface area contributed by atoms with Gasteiger partial charge in [0.2, 0.25) is 5.91 Å². The van der Waals surface area contributed by atoms with Crippen molar-refractivity contribution >= 4 is 33.5 Å². The highest BCUT2D eigenvalue weighted by Gasteiger charge is 2.19. The normalized spacial score (nSPS) is 17.2. The van der Waals surface area contributed by atoms with Gasteiger partial charge in [-0.1, -0.05) is 22.0 Å². The molecular weight excluding hydrogens is 396 g/mol. The smallest absolute Gasteiger partial charge is 0.226 e. The van der Waals surface area contributed by atoms with E-state index in [1.54, 1.807) is 0 Å². The molecule has 0 spiro atoms. The molecule has 1 atom stereocenters. The lowest BCUT2D eigenvalue weighted by atomic mass is 10.1. The average molecular weight is 425 g/mol. The quantitative estimate of drug-likeness (QED) is 0.521. The summed E-state index contributed by atoms with van der Waals surface area (Å²) in [6.45, 7) is 7.85. The molecule has 2 N–H and O–H groups in total. The maximum Gasteiger partial charge on any atom is 0.226 e. The van der Waals surface area contributed by atoms with Crippen molar-refractivity contribution in [3.8, 4) is 0 Å². The second-order valence-electron chi connectivity index (χ2n) is 6.60. The first-order valence-electron chi connectivity index (χ1n) is 9.12. The lowest BCUT2D eigenvalue weighted by Crippen LogP contribution is -2.41. The first-order valence-corrected chi connectivity index (χ1v) is 9.92. The zero-order valence-corrected chi connectivity index (χ0v) is 17.4. The summed E-state index contributed by atoms with van der Waals surface area (Å²) in [6, 6.07) is 5.85. The van der Waals surface area contributed by atoms with Crippen LogP contribution in [0.2, 0.25) is 0 Å². The Labute approximate surface area is 164 Å². The highest BCUT2D eigenvalue weighted by atomic mass is 79.9. The molecule has 0 bridgehead atoms. The van der Waals surface area contributed by atoms with Crippen LogP contribution in [0.1, 0.15) is 25.3 Å². The van der Waals surface area contributed by atoms with Crippen molar-refractivity contribution in [2.24, 2.45) is 10.9 Å². The minimum atomic E-state index is -0.0300. The maximum absolute atomic E-state index is 12.2. The summed E-state index contributed by atoms with van der Waals surface area (Å²) < 4.78 is 6.39. The molecule has 26 heavy (non-hydrogen) atoms. The molecule has 1 aliphatic heterocycles. The second kappa shape index (κ2) is 10.5. The number of hydrogen-bond acceptors (Lipinski definition) is 3. The van der Waals surface area contributed by atoms with E-state index in [0.717, 1.165) is 54.4 Å². The number of hydrogen-bond donors (Lipinski definition) is 2. The van der Waals surface area contributed by atoms with E-state index in [1.807, 2.05) is 39.1 Å². The molecule has 1 saturated heterocycles. The molecule has 0 saturated carbocycles.